The Hall–Kier alpha value is -1.00. The predicted octanol–water partition coefficient (Wildman–Crippen LogP) is 2.45. The van der Waals surface area contributed by atoms with Crippen LogP contribution >= 0.6 is 0 Å². The third-order valence-corrected chi connectivity index (χ3v) is 5.15. The highest BCUT2D eigenvalue weighted by Gasteiger charge is 2.36. The zero-order valence-corrected chi connectivity index (χ0v) is 12.8. The zero-order chi connectivity index (χ0) is 14.1. The second-order valence-corrected chi connectivity index (χ2v) is 6.49. The number of rotatable bonds is 3. The molecular formula is C16H26N4. The van der Waals surface area contributed by atoms with Crippen LogP contribution in [0, 0.1) is 6.92 Å². The van der Waals surface area contributed by atoms with Crippen molar-refractivity contribution in [3.05, 3.63) is 23.8 Å². The number of fused-ring (bicyclic) bond motifs is 2. The number of hydrogen-bond donors (Lipinski definition) is 1. The van der Waals surface area contributed by atoms with E-state index in [1.807, 2.05) is 6.92 Å². The van der Waals surface area contributed by atoms with Crippen molar-refractivity contribution in [3.8, 4) is 0 Å². The predicted molar refractivity (Wildman–Crippen MR) is 80.5 cm³/mol. The molecular weight excluding hydrogens is 248 g/mol. The van der Waals surface area contributed by atoms with Gasteiger partial charge in [-0.1, -0.05) is 6.42 Å². The molecule has 1 N–H and O–H groups in total. The average molecular weight is 274 g/mol. The van der Waals surface area contributed by atoms with E-state index in [1.54, 1.807) is 12.4 Å². The zero-order valence-electron chi connectivity index (χ0n) is 12.8. The van der Waals surface area contributed by atoms with E-state index in [0.717, 1.165) is 23.5 Å². The molecule has 2 bridgehead atoms. The van der Waals surface area contributed by atoms with Crippen molar-refractivity contribution in [1.82, 2.24) is 20.2 Å². The summed E-state index contributed by atoms with van der Waals surface area (Å²) in [6, 6.07) is 2.46. The smallest absolute Gasteiger partial charge is 0.0782 e. The molecule has 2 fully saturated rings. The quantitative estimate of drug-likeness (QED) is 0.919. The van der Waals surface area contributed by atoms with Crippen molar-refractivity contribution >= 4 is 0 Å². The van der Waals surface area contributed by atoms with Gasteiger partial charge in [0.15, 0.2) is 0 Å². The van der Waals surface area contributed by atoms with Crippen LogP contribution in [0.15, 0.2) is 12.4 Å². The van der Waals surface area contributed by atoms with Crippen LogP contribution in [0.1, 0.15) is 56.5 Å². The van der Waals surface area contributed by atoms with Crippen LogP contribution in [0.2, 0.25) is 0 Å². The normalized spacial score (nSPS) is 32.0. The van der Waals surface area contributed by atoms with Gasteiger partial charge < -0.3 is 10.2 Å². The van der Waals surface area contributed by atoms with Crippen molar-refractivity contribution in [2.24, 2.45) is 0 Å². The van der Waals surface area contributed by atoms with Crippen molar-refractivity contribution in [1.29, 1.82) is 0 Å². The van der Waals surface area contributed by atoms with E-state index in [1.165, 1.54) is 32.1 Å². The summed E-state index contributed by atoms with van der Waals surface area (Å²) in [5.41, 5.74) is 2.14. The van der Waals surface area contributed by atoms with Gasteiger partial charge in [-0.2, -0.15) is 0 Å². The van der Waals surface area contributed by atoms with Crippen molar-refractivity contribution in [2.45, 2.75) is 70.1 Å². The summed E-state index contributed by atoms with van der Waals surface area (Å²) in [4.78, 5) is 11.5. The Morgan fingerprint density at radius 3 is 2.50 bits per heavy atom. The van der Waals surface area contributed by atoms with Crippen molar-refractivity contribution in [3.63, 3.8) is 0 Å². The number of hydrogen-bond acceptors (Lipinski definition) is 4. The maximum absolute atomic E-state index is 4.50. The van der Waals surface area contributed by atoms with Gasteiger partial charge in [0.05, 0.1) is 11.4 Å². The minimum Gasteiger partial charge on any atom is -0.306 e. The fourth-order valence-electron chi connectivity index (χ4n) is 4.03. The summed E-state index contributed by atoms with van der Waals surface area (Å²) in [7, 11) is 2.31. The van der Waals surface area contributed by atoms with E-state index in [2.05, 4.69) is 34.2 Å². The van der Waals surface area contributed by atoms with Crippen molar-refractivity contribution < 1.29 is 0 Å². The lowest BCUT2D eigenvalue weighted by atomic mass is 9.82. The van der Waals surface area contributed by atoms with E-state index in [4.69, 9.17) is 0 Å². The summed E-state index contributed by atoms with van der Waals surface area (Å²) in [6.45, 7) is 4.26. The molecule has 3 rings (SSSR count). The van der Waals surface area contributed by atoms with Crippen molar-refractivity contribution in [2.75, 3.05) is 7.05 Å². The molecule has 0 radical (unpaired) electrons. The first-order valence-corrected chi connectivity index (χ1v) is 7.90. The number of nitrogens with one attached hydrogen (secondary N) is 1. The van der Waals surface area contributed by atoms with Gasteiger partial charge in [-0.25, -0.2) is 0 Å². The maximum Gasteiger partial charge on any atom is 0.0782 e. The summed E-state index contributed by atoms with van der Waals surface area (Å²) < 4.78 is 0. The molecule has 0 amide bonds. The summed E-state index contributed by atoms with van der Waals surface area (Å²) in [5.74, 6) is 0. The molecule has 4 heteroatoms. The highest BCUT2D eigenvalue weighted by Crippen LogP contribution is 2.33. The monoisotopic (exact) mass is 274 g/mol. The molecule has 1 aromatic rings. The third-order valence-electron chi connectivity index (χ3n) is 5.15. The molecule has 4 nitrogen and oxygen atoms in total. The van der Waals surface area contributed by atoms with Crippen LogP contribution < -0.4 is 5.32 Å². The van der Waals surface area contributed by atoms with Gasteiger partial charge in [0, 0.05) is 36.6 Å². The SMILES string of the molecule is Cc1nccnc1C(C)NC1CC2CCCC(C1)N2C. The highest BCUT2D eigenvalue weighted by atomic mass is 15.2. The van der Waals surface area contributed by atoms with E-state index in [-0.39, 0.29) is 6.04 Å². The van der Waals surface area contributed by atoms with Gasteiger partial charge in [-0.05, 0) is 46.6 Å². The van der Waals surface area contributed by atoms with Crippen LogP contribution in [0.3, 0.4) is 0 Å². The van der Waals surface area contributed by atoms with E-state index in [0.29, 0.717) is 6.04 Å². The number of aryl methyl sites for hydroxylation is 1. The first-order chi connectivity index (χ1) is 9.65. The summed E-state index contributed by atoms with van der Waals surface area (Å²) >= 11 is 0. The molecule has 3 unspecified atom stereocenters. The van der Waals surface area contributed by atoms with Gasteiger partial charge >= 0.3 is 0 Å². The minimum atomic E-state index is 0.290. The summed E-state index contributed by atoms with van der Waals surface area (Å²) in [5, 5.41) is 3.80. The molecule has 0 aromatic carbocycles. The molecule has 0 spiro atoms. The second-order valence-electron chi connectivity index (χ2n) is 6.49. The Kier molecular flexibility index (Phi) is 4.03. The van der Waals surface area contributed by atoms with E-state index < -0.39 is 0 Å². The van der Waals surface area contributed by atoms with Gasteiger partial charge in [-0.3, -0.25) is 9.97 Å². The molecule has 1 aromatic heterocycles. The molecule has 110 valence electrons. The molecule has 2 saturated heterocycles. The number of piperidine rings is 2. The topological polar surface area (TPSA) is 41.1 Å². The average Bonchev–Trinajstić information content (AvgIpc) is 2.40. The largest absolute Gasteiger partial charge is 0.306 e. The van der Waals surface area contributed by atoms with E-state index >= 15 is 0 Å². The molecule has 3 heterocycles. The number of nitrogens with zero attached hydrogens (tertiary/aromatic N) is 3. The summed E-state index contributed by atoms with van der Waals surface area (Å²) in [6.07, 6.45) is 10.3. The first kappa shape index (κ1) is 14.0. The molecule has 20 heavy (non-hydrogen) atoms. The van der Waals surface area contributed by atoms with Crippen LogP contribution in [-0.2, 0) is 0 Å². The Bertz CT molecular complexity index is 448. The molecule has 2 aliphatic rings. The van der Waals surface area contributed by atoms with Crippen LogP contribution in [0.4, 0.5) is 0 Å². The number of aromatic nitrogens is 2. The van der Waals surface area contributed by atoms with Crippen LogP contribution in [-0.4, -0.2) is 40.0 Å². The van der Waals surface area contributed by atoms with Gasteiger partial charge in [0.1, 0.15) is 0 Å². The van der Waals surface area contributed by atoms with Gasteiger partial charge in [0.25, 0.3) is 0 Å². The fraction of sp³-hybridized carbons (Fsp3) is 0.750. The second kappa shape index (κ2) is 5.78. The lowest BCUT2D eigenvalue weighted by Crippen LogP contribution is -2.54. The third kappa shape index (κ3) is 2.72. The Morgan fingerprint density at radius 2 is 1.85 bits per heavy atom. The first-order valence-electron chi connectivity index (χ1n) is 7.90. The minimum absolute atomic E-state index is 0.290. The van der Waals surface area contributed by atoms with E-state index in [9.17, 15) is 0 Å². The lowest BCUT2D eigenvalue weighted by Gasteiger charge is -2.47. The van der Waals surface area contributed by atoms with Gasteiger partial charge in [0.2, 0.25) is 0 Å². The molecule has 2 aliphatic heterocycles. The lowest BCUT2D eigenvalue weighted by molar-refractivity contribution is 0.0461. The Morgan fingerprint density at radius 1 is 1.20 bits per heavy atom. The maximum atomic E-state index is 4.50. The van der Waals surface area contributed by atoms with Gasteiger partial charge in [-0.15, -0.1) is 0 Å². The molecule has 3 atom stereocenters. The van der Waals surface area contributed by atoms with Crippen LogP contribution in [0.25, 0.3) is 0 Å². The Balaban J connectivity index is 1.65. The molecule has 0 aliphatic carbocycles. The molecule has 0 saturated carbocycles. The fourth-order valence-corrected chi connectivity index (χ4v) is 4.03. The van der Waals surface area contributed by atoms with Crippen LogP contribution in [0.5, 0.6) is 0 Å². The standard InChI is InChI=1S/C16H26N4/c1-11-16(18-8-7-17-11)12(2)19-13-9-14-5-4-6-15(10-13)20(14)3/h7-8,12-15,19H,4-6,9-10H2,1-3H3. The highest BCUT2D eigenvalue weighted by molar-refractivity contribution is 5.13. The Labute approximate surface area is 122 Å².